The Morgan fingerprint density at radius 2 is 1.81 bits per heavy atom. The fourth-order valence-corrected chi connectivity index (χ4v) is 4.71. The molecule has 0 spiro atoms. The van der Waals surface area contributed by atoms with Gasteiger partial charge in [-0.25, -0.2) is 4.79 Å². The number of aliphatic hydroxyl groups excluding tert-OH is 3. The van der Waals surface area contributed by atoms with Crippen molar-refractivity contribution in [2.45, 2.75) is 56.8 Å². The lowest BCUT2D eigenvalue weighted by molar-refractivity contribution is -0.235. The first-order valence-corrected chi connectivity index (χ1v) is 10.5. The molecule has 10 nitrogen and oxygen atoms in total. The standard InChI is InChI=1S/C21H29NO9/c1-9-3-5-22(6-4-9)7-10-12-13(16(26)19(29-2)14(10)24)18-20(31-21(12)28)17(27)15(25)11(8-23)30-18/h9,11,15,17-18,20,23-27H,3-8H2,1-2H3/t11-,15-,17+,18-,20+/m1/s1. The number of aromatic hydroxyl groups is 2. The van der Waals surface area contributed by atoms with Crippen LogP contribution in [0.25, 0.3) is 0 Å². The van der Waals surface area contributed by atoms with Gasteiger partial charge in [0.05, 0.1) is 19.3 Å². The second kappa shape index (κ2) is 8.44. The van der Waals surface area contributed by atoms with Crippen LogP contribution in [0.2, 0.25) is 0 Å². The van der Waals surface area contributed by atoms with E-state index in [1.165, 1.54) is 7.11 Å². The number of piperidine rings is 1. The molecular formula is C21H29NO9. The maximum absolute atomic E-state index is 13.0. The molecule has 31 heavy (non-hydrogen) atoms. The fourth-order valence-electron chi connectivity index (χ4n) is 4.71. The molecule has 2 saturated heterocycles. The molecule has 0 radical (unpaired) electrons. The van der Waals surface area contributed by atoms with Crippen LogP contribution in [0.3, 0.4) is 0 Å². The van der Waals surface area contributed by atoms with E-state index in [0.29, 0.717) is 5.92 Å². The molecule has 2 fully saturated rings. The Kier molecular flexibility index (Phi) is 6.01. The van der Waals surface area contributed by atoms with Crippen molar-refractivity contribution < 1.29 is 44.5 Å². The van der Waals surface area contributed by atoms with E-state index in [1.54, 1.807) is 0 Å². The molecule has 3 aliphatic heterocycles. The van der Waals surface area contributed by atoms with Crippen LogP contribution in [0.4, 0.5) is 0 Å². The quantitative estimate of drug-likeness (QED) is 0.407. The Labute approximate surface area is 179 Å². The molecule has 0 aliphatic carbocycles. The number of hydrogen-bond acceptors (Lipinski definition) is 10. The van der Waals surface area contributed by atoms with E-state index in [0.717, 1.165) is 25.9 Å². The van der Waals surface area contributed by atoms with Gasteiger partial charge in [-0.15, -0.1) is 0 Å². The zero-order chi connectivity index (χ0) is 22.4. The van der Waals surface area contributed by atoms with Crippen molar-refractivity contribution in [1.29, 1.82) is 0 Å². The predicted molar refractivity (Wildman–Crippen MR) is 106 cm³/mol. The first-order chi connectivity index (χ1) is 14.8. The van der Waals surface area contributed by atoms with Gasteiger partial charge in [0.15, 0.2) is 17.6 Å². The van der Waals surface area contributed by atoms with Crippen molar-refractivity contribution in [3.8, 4) is 17.2 Å². The number of carbonyl (C=O) groups is 1. The van der Waals surface area contributed by atoms with Crippen LogP contribution in [0, 0.1) is 5.92 Å². The van der Waals surface area contributed by atoms with Crippen LogP contribution in [0.5, 0.6) is 17.2 Å². The van der Waals surface area contributed by atoms with Crippen molar-refractivity contribution >= 4 is 5.97 Å². The summed E-state index contributed by atoms with van der Waals surface area (Å²) in [5.74, 6) is -1.32. The summed E-state index contributed by atoms with van der Waals surface area (Å²) in [5, 5.41) is 51.8. The van der Waals surface area contributed by atoms with Crippen LogP contribution < -0.4 is 4.74 Å². The number of likely N-dealkylation sites (tertiary alicyclic amines) is 1. The van der Waals surface area contributed by atoms with E-state index in [-0.39, 0.29) is 34.7 Å². The summed E-state index contributed by atoms with van der Waals surface area (Å²) in [6, 6.07) is 0. The molecule has 172 valence electrons. The van der Waals surface area contributed by atoms with Crippen LogP contribution >= 0.6 is 0 Å². The fraction of sp³-hybridized carbons (Fsp3) is 0.667. The predicted octanol–water partition coefficient (Wildman–Crippen LogP) is 0.0313. The summed E-state index contributed by atoms with van der Waals surface area (Å²) < 4.78 is 16.3. The summed E-state index contributed by atoms with van der Waals surface area (Å²) in [6.07, 6.45) is -4.63. The molecule has 0 bridgehead atoms. The number of rotatable bonds is 4. The number of benzene rings is 1. The first-order valence-electron chi connectivity index (χ1n) is 10.5. The number of methoxy groups -OCH3 is 1. The van der Waals surface area contributed by atoms with Gasteiger partial charge in [-0.2, -0.15) is 0 Å². The summed E-state index contributed by atoms with van der Waals surface area (Å²) in [5.41, 5.74) is 0.212. The summed E-state index contributed by atoms with van der Waals surface area (Å²) in [6.45, 7) is 3.40. The lowest BCUT2D eigenvalue weighted by Gasteiger charge is -2.45. The second-order valence-corrected chi connectivity index (χ2v) is 8.59. The Morgan fingerprint density at radius 3 is 2.42 bits per heavy atom. The normalized spacial score (nSPS) is 31.6. The molecule has 0 aromatic heterocycles. The lowest BCUT2D eigenvalue weighted by Crippen LogP contribution is -2.58. The third-order valence-corrected chi connectivity index (χ3v) is 6.60. The molecule has 4 rings (SSSR count). The van der Waals surface area contributed by atoms with E-state index in [9.17, 15) is 30.3 Å². The molecule has 1 aromatic rings. The van der Waals surface area contributed by atoms with Crippen molar-refractivity contribution in [2.24, 2.45) is 5.92 Å². The van der Waals surface area contributed by atoms with Gasteiger partial charge in [0.2, 0.25) is 5.75 Å². The van der Waals surface area contributed by atoms with Crippen LogP contribution in [-0.2, 0) is 16.0 Å². The van der Waals surface area contributed by atoms with Gasteiger partial charge in [0.1, 0.15) is 24.4 Å². The average molecular weight is 439 g/mol. The van der Waals surface area contributed by atoms with Gasteiger partial charge in [-0.3, -0.25) is 4.90 Å². The van der Waals surface area contributed by atoms with Gasteiger partial charge in [-0.1, -0.05) is 6.92 Å². The number of carbonyl (C=O) groups excluding carboxylic acids is 1. The third kappa shape index (κ3) is 3.62. The Balaban J connectivity index is 1.82. The van der Waals surface area contributed by atoms with Gasteiger partial charge >= 0.3 is 5.97 Å². The van der Waals surface area contributed by atoms with Crippen molar-refractivity contribution in [3.05, 3.63) is 16.7 Å². The highest BCUT2D eigenvalue weighted by Crippen LogP contribution is 2.52. The molecule has 10 heteroatoms. The minimum atomic E-state index is -1.53. The topological polar surface area (TPSA) is 149 Å². The number of phenols is 2. The van der Waals surface area contributed by atoms with Crippen LogP contribution in [0.1, 0.15) is 47.4 Å². The van der Waals surface area contributed by atoms with E-state index in [2.05, 4.69) is 11.8 Å². The number of fused-ring (bicyclic) bond motifs is 3. The number of phenolic OH excluding ortho intramolecular Hbond substituents is 2. The maximum atomic E-state index is 13.0. The molecule has 5 N–H and O–H groups in total. The van der Waals surface area contributed by atoms with Crippen molar-refractivity contribution in [1.82, 2.24) is 4.90 Å². The zero-order valence-electron chi connectivity index (χ0n) is 17.5. The summed E-state index contributed by atoms with van der Waals surface area (Å²) in [4.78, 5) is 15.1. The molecule has 3 heterocycles. The molecular weight excluding hydrogens is 410 g/mol. The SMILES string of the molecule is COc1c(O)c(CN2CCC(C)CC2)c2c(c1O)[C@H]1O[C@H](CO)[C@@H](O)[C@H](O)[C@@H]1OC2=O. The Morgan fingerprint density at radius 1 is 1.13 bits per heavy atom. The number of nitrogens with zero attached hydrogens (tertiary/aromatic N) is 1. The number of aliphatic hydroxyl groups is 3. The number of hydrogen-bond donors (Lipinski definition) is 5. The highest BCUT2D eigenvalue weighted by atomic mass is 16.6. The molecule has 0 unspecified atom stereocenters. The van der Waals surface area contributed by atoms with Crippen molar-refractivity contribution in [2.75, 3.05) is 26.8 Å². The molecule has 5 atom stereocenters. The highest BCUT2D eigenvalue weighted by molar-refractivity contribution is 5.97. The highest BCUT2D eigenvalue weighted by Gasteiger charge is 2.53. The summed E-state index contributed by atoms with van der Waals surface area (Å²) in [7, 11) is 1.28. The van der Waals surface area contributed by atoms with Gasteiger partial charge in [-0.05, 0) is 31.8 Å². The molecule has 3 aliphatic rings. The van der Waals surface area contributed by atoms with E-state index >= 15 is 0 Å². The van der Waals surface area contributed by atoms with Gasteiger partial charge in [0, 0.05) is 17.7 Å². The van der Waals surface area contributed by atoms with E-state index in [4.69, 9.17) is 14.2 Å². The minimum absolute atomic E-state index is 0.0145. The van der Waals surface area contributed by atoms with Crippen LogP contribution in [-0.4, -0.2) is 87.6 Å². The molecule has 1 aromatic carbocycles. The van der Waals surface area contributed by atoms with Gasteiger partial charge in [0.25, 0.3) is 0 Å². The second-order valence-electron chi connectivity index (χ2n) is 8.59. The average Bonchev–Trinajstić information content (AvgIpc) is 2.75. The largest absolute Gasteiger partial charge is 0.504 e. The Hall–Kier alpha value is -2.11. The smallest absolute Gasteiger partial charge is 0.339 e. The first kappa shape index (κ1) is 22.1. The van der Waals surface area contributed by atoms with E-state index in [1.807, 2.05) is 0 Å². The molecule has 0 saturated carbocycles. The third-order valence-electron chi connectivity index (χ3n) is 6.60. The van der Waals surface area contributed by atoms with Gasteiger partial charge < -0.3 is 39.7 Å². The monoisotopic (exact) mass is 439 g/mol. The van der Waals surface area contributed by atoms with E-state index < -0.39 is 48.8 Å². The molecule has 0 amide bonds. The van der Waals surface area contributed by atoms with Crippen molar-refractivity contribution in [3.63, 3.8) is 0 Å². The number of ether oxygens (including phenoxy) is 3. The summed E-state index contributed by atoms with van der Waals surface area (Å²) >= 11 is 0. The minimum Gasteiger partial charge on any atom is -0.504 e. The van der Waals surface area contributed by atoms with Crippen LogP contribution in [0.15, 0.2) is 0 Å². The maximum Gasteiger partial charge on any atom is 0.339 e. The lowest BCUT2D eigenvalue weighted by atomic mass is 9.84. The zero-order valence-corrected chi connectivity index (χ0v) is 17.5. The Bertz CT molecular complexity index is 852. The number of esters is 1.